The average Bonchev–Trinajstić information content (AvgIpc) is 4.11. The first-order valence-electron chi connectivity index (χ1n) is 20.9. The SMILES string of the molecule is C=C(/C=C(/C=O)N(C)c1cccc(CN)c1)C(F)(F)F.CC.CO.Cc1cccc(C(NC(C)C)c2ccccc2)c1.Cc1cccc(C(NCC2CC2)c2ccccc2)c1. The molecule has 0 radical (unpaired) electrons. The van der Waals surface area contributed by atoms with Crippen molar-refractivity contribution < 1.29 is 23.1 Å². The fourth-order valence-electron chi connectivity index (χ4n) is 6.25. The van der Waals surface area contributed by atoms with Gasteiger partial charge in [0.05, 0.1) is 23.4 Å². The summed E-state index contributed by atoms with van der Waals surface area (Å²) in [6, 6.07) is 46.8. The van der Waals surface area contributed by atoms with Crippen LogP contribution in [0, 0.1) is 19.8 Å². The number of likely N-dealkylation sites (N-methyl/N-ethyl adjacent to an activating group) is 1. The molecule has 0 aromatic heterocycles. The van der Waals surface area contributed by atoms with Crippen LogP contribution in [0.1, 0.15) is 91.6 Å². The Morgan fingerprint density at radius 1 is 0.770 bits per heavy atom. The molecule has 328 valence electrons. The van der Waals surface area contributed by atoms with Gasteiger partial charge in [0.2, 0.25) is 0 Å². The topological polar surface area (TPSA) is 90.6 Å². The summed E-state index contributed by atoms with van der Waals surface area (Å²) in [5.74, 6) is 0.899. The standard InChI is InChI=1S/C18H21N.C17H21N.C14H15F3N2O.C2H6.CH4O/c1-14-6-5-9-17(12-14)18(19-13-15-10-11-15)16-7-3-2-4-8-16;1-13(2)18-17(15-9-5-4-6-10-15)16-11-7-8-14(3)12-16;1-10(14(15,16)17)6-13(9-20)19(2)12-5-3-4-11(7-12)8-18;2*1-2/h2-9,12,15,18-19H,10-11,13H2,1H3;4-13,17-18H,1-3H3;3-7,9H,1,8,18H2,2H3;1-2H3;2H,1H3/b;;13-6-;;. The Labute approximate surface area is 363 Å². The minimum Gasteiger partial charge on any atom is -0.400 e. The number of carbonyl (C=O) groups excluding carboxylic acids is 1. The molecule has 1 aliphatic rings. The Morgan fingerprint density at radius 2 is 1.25 bits per heavy atom. The van der Waals surface area contributed by atoms with Gasteiger partial charge in [0.1, 0.15) is 0 Å². The molecule has 61 heavy (non-hydrogen) atoms. The van der Waals surface area contributed by atoms with Gasteiger partial charge in [-0.3, -0.25) is 4.79 Å². The van der Waals surface area contributed by atoms with E-state index in [-0.39, 0.29) is 11.7 Å². The summed E-state index contributed by atoms with van der Waals surface area (Å²) in [4.78, 5) is 12.3. The number of carbonyl (C=O) groups is 1. The molecular formula is C52H67F3N4O2. The van der Waals surface area contributed by atoms with Crippen LogP contribution in [0.15, 0.2) is 157 Å². The van der Waals surface area contributed by atoms with Crippen LogP contribution >= 0.6 is 0 Å². The summed E-state index contributed by atoms with van der Waals surface area (Å²) in [7, 11) is 2.50. The van der Waals surface area contributed by atoms with Crippen molar-refractivity contribution in [2.75, 3.05) is 25.6 Å². The molecule has 5 N–H and O–H groups in total. The second-order valence-corrected chi connectivity index (χ2v) is 14.8. The van der Waals surface area contributed by atoms with Crippen LogP contribution in [0.5, 0.6) is 0 Å². The minimum absolute atomic E-state index is 0.138. The van der Waals surface area contributed by atoms with Crippen LogP contribution < -0.4 is 21.3 Å². The number of aliphatic hydroxyl groups excluding tert-OH is 1. The first-order chi connectivity index (χ1) is 29.3. The number of aliphatic hydroxyl groups is 1. The molecule has 5 aromatic rings. The highest BCUT2D eigenvalue weighted by Crippen LogP contribution is 2.31. The van der Waals surface area contributed by atoms with Crippen LogP contribution in [0.2, 0.25) is 0 Å². The number of allylic oxidation sites excluding steroid dienone is 3. The number of aryl methyl sites for hydroxylation is 2. The number of anilines is 1. The van der Waals surface area contributed by atoms with Crippen molar-refractivity contribution in [3.8, 4) is 0 Å². The molecule has 2 unspecified atom stereocenters. The molecule has 0 bridgehead atoms. The van der Waals surface area contributed by atoms with E-state index in [4.69, 9.17) is 10.8 Å². The first-order valence-corrected chi connectivity index (χ1v) is 20.9. The number of halogens is 3. The van der Waals surface area contributed by atoms with Crippen molar-refractivity contribution in [3.63, 3.8) is 0 Å². The van der Waals surface area contributed by atoms with Gasteiger partial charge in [-0.2, -0.15) is 13.2 Å². The van der Waals surface area contributed by atoms with Crippen LogP contribution in [0.4, 0.5) is 18.9 Å². The number of hydrogen-bond acceptors (Lipinski definition) is 6. The van der Waals surface area contributed by atoms with Gasteiger partial charge in [-0.15, -0.1) is 0 Å². The summed E-state index contributed by atoms with van der Waals surface area (Å²) in [5.41, 5.74) is 13.7. The number of nitrogens with zero attached hydrogens (tertiary/aromatic N) is 1. The number of nitrogens with one attached hydrogen (secondary N) is 2. The lowest BCUT2D eigenvalue weighted by Gasteiger charge is -2.22. The maximum atomic E-state index is 12.4. The lowest BCUT2D eigenvalue weighted by molar-refractivity contribution is -0.105. The molecule has 1 aliphatic carbocycles. The zero-order chi connectivity index (χ0) is 45.4. The number of aldehydes is 1. The van der Waals surface area contributed by atoms with E-state index in [1.54, 1.807) is 24.3 Å². The van der Waals surface area contributed by atoms with Crippen molar-refractivity contribution in [1.29, 1.82) is 0 Å². The molecule has 1 fully saturated rings. The largest absolute Gasteiger partial charge is 0.415 e. The van der Waals surface area contributed by atoms with E-state index in [9.17, 15) is 18.0 Å². The Balaban J connectivity index is 0.000000302. The first kappa shape index (κ1) is 51.8. The minimum atomic E-state index is -4.56. The van der Waals surface area contributed by atoms with Crippen molar-refractivity contribution >= 4 is 12.0 Å². The Bertz CT molecular complexity index is 2030. The van der Waals surface area contributed by atoms with Crippen LogP contribution in [0.25, 0.3) is 0 Å². The van der Waals surface area contributed by atoms with Gasteiger partial charge in [0, 0.05) is 32.4 Å². The molecule has 0 spiro atoms. The quantitative estimate of drug-likeness (QED) is 0.0506. The van der Waals surface area contributed by atoms with E-state index in [2.05, 4.69) is 154 Å². The third-order valence-corrected chi connectivity index (χ3v) is 9.55. The number of hydrogen-bond donors (Lipinski definition) is 4. The lowest BCUT2D eigenvalue weighted by Crippen LogP contribution is -2.28. The van der Waals surface area contributed by atoms with Gasteiger partial charge < -0.3 is 26.4 Å². The molecule has 0 amide bonds. The molecule has 0 aliphatic heterocycles. The molecule has 2 atom stereocenters. The Morgan fingerprint density at radius 3 is 1.69 bits per heavy atom. The number of rotatable bonds is 14. The predicted molar refractivity (Wildman–Crippen MR) is 249 cm³/mol. The van der Waals surface area contributed by atoms with Gasteiger partial charge in [0.15, 0.2) is 6.29 Å². The zero-order valence-electron chi connectivity index (χ0n) is 37.2. The fraction of sp³-hybridized carbons (Fsp3) is 0.327. The number of benzene rings is 5. The Kier molecular flexibility index (Phi) is 23.4. The fourth-order valence-corrected chi connectivity index (χ4v) is 6.25. The summed E-state index contributed by atoms with van der Waals surface area (Å²) in [6.07, 6.45) is -0.715. The number of nitrogens with two attached hydrogens (primary N) is 1. The zero-order valence-corrected chi connectivity index (χ0v) is 37.2. The van der Waals surface area contributed by atoms with Gasteiger partial charge in [-0.25, -0.2) is 0 Å². The molecule has 5 aromatic carbocycles. The number of alkyl halides is 3. The summed E-state index contributed by atoms with van der Waals surface area (Å²) in [5, 5.41) is 14.4. The van der Waals surface area contributed by atoms with E-state index in [0.717, 1.165) is 25.1 Å². The summed E-state index contributed by atoms with van der Waals surface area (Å²) < 4.78 is 37.3. The molecule has 1 saturated carbocycles. The van der Waals surface area contributed by atoms with Gasteiger partial charge >= 0.3 is 6.18 Å². The highest BCUT2D eigenvalue weighted by Gasteiger charge is 2.31. The van der Waals surface area contributed by atoms with Crippen LogP contribution in [-0.4, -0.2) is 44.3 Å². The van der Waals surface area contributed by atoms with E-state index >= 15 is 0 Å². The van der Waals surface area contributed by atoms with Crippen LogP contribution in [0.3, 0.4) is 0 Å². The summed E-state index contributed by atoms with van der Waals surface area (Å²) >= 11 is 0. The maximum Gasteiger partial charge on any atom is 0.415 e. The second kappa shape index (κ2) is 27.5. The van der Waals surface area contributed by atoms with E-state index in [0.29, 0.717) is 36.7 Å². The highest BCUT2D eigenvalue weighted by molar-refractivity contribution is 5.81. The monoisotopic (exact) mass is 837 g/mol. The third kappa shape index (κ3) is 18.5. The van der Waals surface area contributed by atoms with Crippen molar-refractivity contribution in [1.82, 2.24) is 10.6 Å². The smallest absolute Gasteiger partial charge is 0.400 e. The molecule has 9 heteroatoms. The molecular weight excluding hydrogens is 770 g/mol. The summed E-state index contributed by atoms with van der Waals surface area (Å²) in [6.45, 7) is 17.0. The van der Waals surface area contributed by atoms with E-state index in [1.807, 2.05) is 13.8 Å². The predicted octanol–water partition coefficient (Wildman–Crippen LogP) is 11.6. The average molecular weight is 837 g/mol. The molecule has 6 nitrogen and oxygen atoms in total. The van der Waals surface area contributed by atoms with E-state index < -0.39 is 11.7 Å². The van der Waals surface area contributed by atoms with E-state index in [1.165, 1.54) is 58.2 Å². The maximum absolute atomic E-state index is 12.4. The molecule has 0 saturated heterocycles. The van der Waals surface area contributed by atoms with Crippen molar-refractivity contribution in [3.05, 3.63) is 196 Å². The molecule has 0 heterocycles. The van der Waals surface area contributed by atoms with Gasteiger partial charge in [0.25, 0.3) is 0 Å². The normalized spacial score (nSPS) is 13.0. The Hall–Kier alpha value is -5.32. The third-order valence-electron chi connectivity index (χ3n) is 9.55. The van der Waals surface area contributed by atoms with Crippen LogP contribution in [-0.2, 0) is 11.3 Å². The van der Waals surface area contributed by atoms with Crippen molar-refractivity contribution in [2.45, 2.75) is 85.2 Å². The highest BCUT2D eigenvalue weighted by atomic mass is 19.4. The van der Waals surface area contributed by atoms with Crippen molar-refractivity contribution in [2.24, 2.45) is 11.7 Å². The second-order valence-electron chi connectivity index (χ2n) is 14.8. The van der Waals surface area contributed by atoms with Gasteiger partial charge in [-0.05, 0) is 99.0 Å². The molecule has 6 rings (SSSR count). The van der Waals surface area contributed by atoms with Gasteiger partial charge in [-0.1, -0.05) is 153 Å². The lowest BCUT2D eigenvalue weighted by atomic mass is 9.97.